The largest absolute Gasteiger partial charge is 0.496 e. The van der Waals surface area contributed by atoms with Gasteiger partial charge in [0.15, 0.2) is 12.5 Å². The van der Waals surface area contributed by atoms with Gasteiger partial charge in [-0.15, -0.1) is 4.99 Å². The van der Waals surface area contributed by atoms with E-state index in [2.05, 4.69) is 10.3 Å². The van der Waals surface area contributed by atoms with Gasteiger partial charge in [-0.25, -0.2) is 4.79 Å². The number of hydrogen-bond donors (Lipinski definition) is 1. The number of imide groups is 1. The first-order valence-corrected chi connectivity index (χ1v) is 9.35. The summed E-state index contributed by atoms with van der Waals surface area (Å²) in [6, 6.07) is 3.29. The number of halogens is 3. The van der Waals surface area contributed by atoms with Crippen molar-refractivity contribution in [2.75, 3.05) is 25.5 Å². The van der Waals surface area contributed by atoms with Crippen molar-refractivity contribution in [3.63, 3.8) is 0 Å². The molecule has 164 valence electrons. The van der Waals surface area contributed by atoms with E-state index in [1.54, 1.807) is 13.8 Å². The summed E-state index contributed by atoms with van der Waals surface area (Å²) in [5.74, 6) is -2.00. The summed E-state index contributed by atoms with van der Waals surface area (Å²) in [6.45, 7) is 3.06. The van der Waals surface area contributed by atoms with E-state index in [1.807, 2.05) is 0 Å². The molecule has 0 saturated heterocycles. The number of urea groups is 1. The van der Waals surface area contributed by atoms with Crippen molar-refractivity contribution in [2.45, 2.75) is 20.0 Å². The van der Waals surface area contributed by atoms with Crippen LogP contribution in [0.5, 0.6) is 0 Å². The molecule has 1 unspecified atom stereocenters. The number of dihydropyridines is 1. The molecule has 0 bridgehead atoms. The third-order valence-corrected chi connectivity index (χ3v) is 4.75. The van der Waals surface area contributed by atoms with Crippen molar-refractivity contribution in [1.29, 1.82) is 0 Å². The fraction of sp³-hybridized carbons (Fsp3) is 0.350. The number of rotatable bonds is 5. The molecule has 3 rings (SSSR count). The average molecular weight is 437 g/mol. The topological polar surface area (TPSA) is 91.1 Å². The Labute approximate surface area is 175 Å². The summed E-state index contributed by atoms with van der Waals surface area (Å²) in [5.41, 5.74) is -0.429. The minimum Gasteiger partial charge on any atom is -0.496 e. The predicted octanol–water partition coefficient (Wildman–Crippen LogP) is 2.66. The predicted molar refractivity (Wildman–Crippen MR) is 105 cm³/mol. The second-order valence-electron chi connectivity index (χ2n) is 6.92. The third-order valence-electron chi connectivity index (χ3n) is 4.75. The number of amidine groups is 1. The van der Waals surface area contributed by atoms with Gasteiger partial charge in [0.25, 0.3) is 11.7 Å². The van der Waals surface area contributed by atoms with Gasteiger partial charge < -0.3 is 10.1 Å². The Hall–Kier alpha value is -3.50. The van der Waals surface area contributed by atoms with Crippen molar-refractivity contribution in [2.24, 2.45) is 10.9 Å². The van der Waals surface area contributed by atoms with Crippen LogP contribution in [0.2, 0.25) is 0 Å². The van der Waals surface area contributed by atoms with Crippen LogP contribution in [0.4, 0.5) is 23.7 Å². The number of aliphatic imine (C=N–C) groups is 1. The van der Waals surface area contributed by atoms with E-state index in [1.165, 1.54) is 19.3 Å². The number of anilines is 1. The van der Waals surface area contributed by atoms with Gasteiger partial charge in [0, 0.05) is 11.3 Å². The van der Waals surface area contributed by atoms with Crippen LogP contribution in [0, 0.1) is 5.92 Å². The molecule has 0 aliphatic carbocycles. The highest BCUT2D eigenvalue weighted by Gasteiger charge is 2.50. The normalized spacial score (nSPS) is 19.0. The van der Waals surface area contributed by atoms with Crippen molar-refractivity contribution in [3.05, 3.63) is 41.2 Å². The maximum atomic E-state index is 13.1. The molecule has 1 aromatic carbocycles. The van der Waals surface area contributed by atoms with Crippen molar-refractivity contribution in [1.82, 2.24) is 4.90 Å². The number of carbonyl (C=O) groups excluding carboxylic acids is 3. The number of allylic oxidation sites excluding steroid dienone is 1. The highest BCUT2D eigenvalue weighted by Crippen LogP contribution is 2.31. The van der Waals surface area contributed by atoms with Crippen molar-refractivity contribution >= 4 is 35.6 Å². The third kappa shape index (κ3) is 4.35. The zero-order valence-electron chi connectivity index (χ0n) is 17.0. The molecule has 31 heavy (non-hydrogen) atoms. The number of nitrogens with zero attached hydrogens (tertiary/aromatic N) is 3. The quantitative estimate of drug-likeness (QED) is 0.717. The molecule has 2 aliphatic heterocycles. The first-order chi connectivity index (χ1) is 14.5. The second kappa shape index (κ2) is 8.32. The van der Waals surface area contributed by atoms with E-state index >= 15 is 0 Å². The second-order valence-corrected chi connectivity index (χ2v) is 6.92. The number of ether oxygens (including phenoxy) is 1. The minimum atomic E-state index is -4.57. The zero-order valence-corrected chi connectivity index (χ0v) is 17.0. The van der Waals surface area contributed by atoms with Gasteiger partial charge in [0.05, 0.1) is 19.2 Å². The summed E-state index contributed by atoms with van der Waals surface area (Å²) in [4.78, 5) is 43.0. The Morgan fingerprint density at radius 2 is 2.03 bits per heavy atom. The summed E-state index contributed by atoms with van der Waals surface area (Å²) >= 11 is 0. The summed E-state index contributed by atoms with van der Waals surface area (Å²) < 4.78 is 45.3. The molecule has 0 saturated carbocycles. The van der Waals surface area contributed by atoms with Crippen LogP contribution in [-0.4, -0.2) is 59.6 Å². The fourth-order valence-corrected chi connectivity index (χ4v) is 3.29. The lowest BCUT2D eigenvalue weighted by atomic mass is 9.96. The Balaban J connectivity index is 1.83. The molecule has 0 aromatic heterocycles. The summed E-state index contributed by atoms with van der Waals surface area (Å²) in [7, 11) is 1.41. The van der Waals surface area contributed by atoms with E-state index in [0.717, 1.165) is 27.7 Å². The van der Waals surface area contributed by atoms with Gasteiger partial charge in [-0.3, -0.25) is 9.59 Å². The number of benzene rings is 1. The Morgan fingerprint density at radius 3 is 2.68 bits per heavy atom. The van der Waals surface area contributed by atoms with Crippen LogP contribution in [0.3, 0.4) is 0 Å². The van der Waals surface area contributed by atoms with Gasteiger partial charge in [0.2, 0.25) is 0 Å². The first kappa shape index (κ1) is 22.2. The Bertz CT molecular complexity index is 1040. The number of nitrogens with one attached hydrogen (secondary N) is 1. The Morgan fingerprint density at radius 1 is 1.32 bits per heavy atom. The number of hydrogen-bond acceptors (Lipinski definition) is 5. The van der Waals surface area contributed by atoms with Gasteiger partial charge in [-0.2, -0.15) is 22.6 Å². The molecule has 1 atom stereocenters. The van der Waals surface area contributed by atoms with E-state index in [-0.39, 0.29) is 18.1 Å². The lowest BCUT2D eigenvalue weighted by Crippen LogP contribution is -2.56. The monoisotopic (exact) mass is 437 g/mol. The molecular formula is C20H20F3N4O4+. The van der Waals surface area contributed by atoms with Crippen LogP contribution in [0.15, 0.2) is 40.6 Å². The van der Waals surface area contributed by atoms with Gasteiger partial charge in [-0.05, 0) is 32.0 Å². The fourth-order valence-electron chi connectivity index (χ4n) is 3.29. The van der Waals surface area contributed by atoms with Crippen LogP contribution < -0.4 is 5.32 Å². The lowest BCUT2D eigenvalue weighted by Gasteiger charge is -2.29. The van der Waals surface area contributed by atoms with Gasteiger partial charge >= 0.3 is 18.1 Å². The molecule has 11 heteroatoms. The molecule has 0 spiro atoms. The van der Waals surface area contributed by atoms with Crippen LogP contribution >= 0.6 is 0 Å². The van der Waals surface area contributed by atoms with Gasteiger partial charge in [-0.1, -0.05) is 6.07 Å². The summed E-state index contributed by atoms with van der Waals surface area (Å²) in [5, 5.41) is 2.29. The number of amides is 4. The molecule has 1 N–H and O–H groups in total. The average Bonchev–Trinajstić information content (AvgIpc) is 2.70. The minimum absolute atomic E-state index is 0.106. The molecule has 4 amide bonds. The van der Waals surface area contributed by atoms with E-state index in [4.69, 9.17) is 4.74 Å². The number of carbonyl (C=O) groups is 3. The van der Waals surface area contributed by atoms with Crippen LogP contribution in [-0.2, 0) is 20.5 Å². The lowest BCUT2D eigenvalue weighted by molar-refractivity contribution is -0.408. The van der Waals surface area contributed by atoms with Crippen LogP contribution in [0.1, 0.15) is 19.4 Å². The molecule has 0 radical (unpaired) electrons. The molecule has 1 aromatic rings. The van der Waals surface area contributed by atoms with E-state index in [9.17, 15) is 27.6 Å². The maximum Gasteiger partial charge on any atom is 0.446 e. The molecule has 8 nitrogen and oxygen atoms in total. The van der Waals surface area contributed by atoms with E-state index < -0.39 is 42.0 Å². The maximum absolute atomic E-state index is 13.1. The van der Waals surface area contributed by atoms with Crippen molar-refractivity contribution in [3.8, 4) is 0 Å². The molecule has 0 fully saturated rings. The highest BCUT2D eigenvalue weighted by atomic mass is 19.4. The van der Waals surface area contributed by atoms with Crippen LogP contribution in [0.25, 0.3) is 0 Å². The van der Waals surface area contributed by atoms with E-state index in [0.29, 0.717) is 11.3 Å². The molecule has 2 aliphatic rings. The standard InChI is InChI=1S/C20H19F3N4O4/c1-4-31-16-11(2)9-24-17-15(16)18(29)27(19(30)26(17)3)10-14(28)25-13-7-5-6-12(8-13)20(21,22)23/h5-9,15H,4,10H2,1-3H3/p+1. The highest BCUT2D eigenvalue weighted by molar-refractivity contribution is 6.17. The zero-order chi connectivity index (χ0) is 22.9. The van der Waals surface area contributed by atoms with Gasteiger partial charge in [0.1, 0.15) is 12.0 Å². The molecular weight excluding hydrogens is 417 g/mol. The SMILES string of the molecule is CCOC1=C(C)C=NC2=[N+](C)C(=O)N(CC(=O)Nc3cccc(C(F)(F)F)c3)C(=O)C12. The Kier molecular flexibility index (Phi) is 5.96. The number of alkyl halides is 3. The summed E-state index contributed by atoms with van der Waals surface area (Å²) in [6.07, 6.45) is -3.08. The molecule has 2 heterocycles. The smallest absolute Gasteiger partial charge is 0.446 e. The number of fused-ring (bicyclic) bond motifs is 1. The van der Waals surface area contributed by atoms with Crippen molar-refractivity contribution < 1.29 is 36.9 Å². The first-order valence-electron chi connectivity index (χ1n) is 9.35.